The standard InChI is InChI=1S/C14H14F2N2O4S/c15-11-4-10(7-17)5-12(16)14(11)23(21,22)18-3-1-2-9(8-18)6-13(19)20/h4-5,9H,1-3,6,8H2,(H,19,20)/t9-/m0/s1. The molecule has 0 aliphatic carbocycles. The van der Waals surface area contributed by atoms with E-state index in [2.05, 4.69) is 0 Å². The molecule has 0 aromatic heterocycles. The van der Waals surface area contributed by atoms with Crippen molar-refractivity contribution in [1.29, 1.82) is 5.26 Å². The molecule has 23 heavy (non-hydrogen) atoms. The van der Waals surface area contributed by atoms with Crippen LogP contribution in [0, 0.1) is 28.9 Å². The van der Waals surface area contributed by atoms with Gasteiger partial charge in [-0.25, -0.2) is 17.2 Å². The van der Waals surface area contributed by atoms with Crippen LogP contribution in [-0.4, -0.2) is 36.9 Å². The minimum Gasteiger partial charge on any atom is -0.481 e. The number of nitrogens with zero attached hydrogens (tertiary/aromatic N) is 2. The van der Waals surface area contributed by atoms with Gasteiger partial charge in [0.25, 0.3) is 0 Å². The summed E-state index contributed by atoms with van der Waals surface area (Å²) >= 11 is 0. The number of piperidine rings is 1. The maximum Gasteiger partial charge on any atom is 0.303 e. The lowest BCUT2D eigenvalue weighted by Crippen LogP contribution is -2.41. The summed E-state index contributed by atoms with van der Waals surface area (Å²) in [5, 5.41) is 17.4. The number of carboxylic acids is 1. The second-order valence-electron chi connectivity index (χ2n) is 5.35. The minimum atomic E-state index is -4.44. The van der Waals surface area contributed by atoms with Gasteiger partial charge in [0.1, 0.15) is 11.6 Å². The van der Waals surface area contributed by atoms with E-state index >= 15 is 0 Å². The first-order valence-corrected chi connectivity index (χ1v) is 8.30. The van der Waals surface area contributed by atoms with Gasteiger partial charge in [0.15, 0.2) is 4.90 Å². The third-order valence-electron chi connectivity index (χ3n) is 3.67. The lowest BCUT2D eigenvalue weighted by atomic mass is 9.96. The number of sulfonamides is 1. The van der Waals surface area contributed by atoms with Crippen molar-refractivity contribution in [3.05, 3.63) is 29.3 Å². The first kappa shape index (κ1) is 17.3. The van der Waals surface area contributed by atoms with E-state index in [1.54, 1.807) is 6.07 Å². The summed E-state index contributed by atoms with van der Waals surface area (Å²) in [4.78, 5) is 9.65. The number of benzene rings is 1. The number of carboxylic acid groups (broad SMARTS) is 1. The van der Waals surface area contributed by atoms with E-state index in [0.717, 1.165) is 4.31 Å². The molecule has 1 fully saturated rings. The van der Waals surface area contributed by atoms with Crippen LogP contribution in [0.5, 0.6) is 0 Å². The second kappa shape index (κ2) is 6.60. The van der Waals surface area contributed by atoms with Crippen molar-refractivity contribution < 1.29 is 27.1 Å². The molecule has 1 saturated heterocycles. The van der Waals surface area contributed by atoms with Gasteiger partial charge in [0.2, 0.25) is 10.0 Å². The Morgan fingerprint density at radius 3 is 2.52 bits per heavy atom. The number of aliphatic carboxylic acids is 1. The number of hydrogen-bond acceptors (Lipinski definition) is 4. The van der Waals surface area contributed by atoms with Crippen molar-refractivity contribution >= 4 is 16.0 Å². The first-order valence-electron chi connectivity index (χ1n) is 6.86. The van der Waals surface area contributed by atoms with E-state index in [4.69, 9.17) is 10.4 Å². The van der Waals surface area contributed by atoms with Crippen molar-refractivity contribution in [2.45, 2.75) is 24.2 Å². The van der Waals surface area contributed by atoms with Crippen LogP contribution in [0.4, 0.5) is 8.78 Å². The lowest BCUT2D eigenvalue weighted by molar-refractivity contribution is -0.138. The van der Waals surface area contributed by atoms with Gasteiger partial charge in [0, 0.05) is 19.5 Å². The topological polar surface area (TPSA) is 98.5 Å². The molecule has 6 nitrogen and oxygen atoms in total. The molecule has 0 saturated carbocycles. The van der Waals surface area contributed by atoms with Crippen molar-refractivity contribution in [1.82, 2.24) is 4.31 Å². The van der Waals surface area contributed by atoms with Crippen molar-refractivity contribution in [2.24, 2.45) is 5.92 Å². The van der Waals surface area contributed by atoms with Crippen LogP contribution < -0.4 is 0 Å². The summed E-state index contributed by atoms with van der Waals surface area (Å²) in [7, 11) is -4.44. The number of halogens is 2. The molecule has 1 N–H and O–H groups in total. The van der Waals surface area contributed by atoms with Gasteiger partial charge in [-0.3, -0.25) is 4.79 Å². The van der Waals surface area contributed by atoms with E-state index in [-0.39, 0.29) is 25.1 Å². The van der Waals surface area contributed by atoms with Gasteiger partial charge >= 0.3 is 5.97 Å². The average Bonchev–Trinajstić information content (AvgIpc) is 2.45. The maximum atomic E-state index is 14.0. The van der Waals surface area contributed by atoms with Crippen LogP contribution in [0.25, 0.3) is 0 Å². The summed E-state index contributed by atoms with van der Waals surface area (Å²) in [6.07, 6.45) is 0.748. The number of nitriles is 1. The maximum absolute atomic E-state index is 14.0. The van der Waals surface area contributed by atoms with E-state index < -0.39 is 38.4 Å². The molecular formula is C14H14F2N2O4S. The Kier molecular flexibility index (Phi) is 4.97. The highest BCUT2D eigenvalue weighted by Gasteiger charge is 2.35. The molecule has 2 rings (SSSR count). The third-order valence-corrected chi connectivity index (χ3v) is 5.59. The van der Waals surface area contributed by atoms with Crippen LogP contribution in [0.3, 0.4) is 0 Å². The molecule has 0 radical (unpaired) electrons. The average molecular weight is 344 g/mol. The van der Waals surface area contributed by atoms with Gasteiger partial charge in [-0.2, -0.15) is 9.57 Å². The predicted octanol–water partition coefficient (Wildman–Crippen LogP) is 1.71. The first-order chi connectivity index (χ1) is 10.8. The van der Waals surface area contributed by atoms with E-state index in [0.29, 0.717) is 25.0 Å². The van der Waals surface area contributed by atoms with Gasteiger partial charge in [-0.1, -0.05) is 0 Å². The monoisotopic (exact) mass is 344 g/mol. The summed E-state index contributed by atoms with van der Waals surface area (Å²) in [5.41, 5.74) is -0.318. The highest BCUT2D eigenvalue weighted by Crippen LogP contribution is 2.29. The lowest BCUT2D eigenvalue weighted by Gasteiger charge is -2.31. The molecule has 124 valence electrons. The SMILES string of the molecule is N#Cc1cc(F)c(S(=O)(=O)N2CCC[C@@H](CC(=O)O)C2)c(F)c1. The number of carbonyl (C=O) groups is 1. The number of hydrogen-bond donors (Lipinski definition) is 1. The summed E-state index contributed by atoms with van der Waals surface area (Å²) in [6.45, 7) is -0.0369. The van der Waals surface area contributed by atoms with Crippen LogP contribution in [0.15, 0.2) is 17.0 Å². The normalized spacial score (nSPS) is 19.3. The molecule has 0 unspecified atom stereocenters. The molecule has 1 atom stereocenters. The van der Waals surface area contributed by atoms with Crippen LogP contribution in [0.2, 0.25) is 0 Å². The Morgan fingerprint density at radius 2 is 2.00 bits per heavy atom. The highest BCUT2D eigenvalue weighted by molar-refractivity contribution is 7.89. The Morgan fingerprint density at radius 1 is 1.39 bits per heavy atom. The third kappa shape index (κ3) is 3.65. The van der Waals surface area contributed by atoms with Crippen molar-refractivity contribution in [3.8, 4) is 6.07 Å². The van der Waals surface area contributed by atoms with E-state index in [1.807, 2.05) is 0 Å². The van der Waals surface area contributed by atoms with Crippen molar-refractivity contribution in [3.63, 3.8) is 0 Å². The Bertz CT molecular complexity index is 750. The van der Waals surface area contributed by atoms with Crippen LogP contribution in [-0.2, 0) is 14.8 Å². The van der Waals surface area contributed by atoms with E-state index in [9.17, 15) is 22.0 Å². The van der Waals surface area contributed by atoms with Crippen molar-refractivity contribution in [2.75, 3.05) is 13.1 Å². The Hall–Kier alpha value is -2.05. The highest BCUT2D eigenvalue weighted by atomic mass is 32.2. The largest absolute Gasteiger partial charge is 0.481 e. The molecule has 0 bridgehead atoms. The zero-order valence-electron chi connectivity index (χ0n) is 12.0. The summed E-state index contributed by atoms with van der Waals surface area (Å²) in [6, 6.07) is 2.86. The molecule has 1 aliphatic heterocycles. The smallest absolute Gasteiger partial charge is 0.303 e. The fourth-order valence-corrected chi connectivity index (χ4v) is 4.30. The summed E-state index contributed by atoms with van der Waals surface area (Å²) in [5.74, 6) is -4.12. The molecular weight excluding hydrogens is 330 g/mol. The van der Waals surface area contributed by atoms with E-state index in [1.165, 1.54) is 0 Å². The zero-order valence-corrected chi connectivity index (χ0v) is 12.8. The minimum absolute atomic E-state index is 0.0668. The Labute approximate surface area is 132 Å². The zero-order chi connectivity index (χ0) is 17.2. The Balaban J connectivity index is 2.35. The quantitative estimate of drug-likeness (QED) is 0.896. The second-order valence-corrected chi connectivity index (χ2v) is 7.22. The molecule has 0 spiro atoms. The van der Waals surface area contributed by atoms with Gasteiger partial charge in [-0.05, 0) is 30.9 Å². The fraction of sp³-hybridized carbons (Fsp3) is 0.429. The molecule has 1 heterocycles. The van der Waals surface area contributed by atoms with Gasteiger partial charge in [0.05, 0.1) is 11.6 Å². The van der Waals surface area contributed by atoms with Gasteiger partial charge < -0.3 is 5.11 Å². The fourth-order valence-electron chi connectivity index (χ4n) is 2.66. The molecule has 1 aromatic rings. The molecule has 0 amide bonds. The van der Waals surface area contributed by atoms with Crippen LogP contribution in [0.1, 0.15) is 24.8 Å². The predicted molar refractivity (Wildman–Crippen MR) is 74.8 cm³/mol. The molecule has 1 aromatic carbocycles. The van der Waals surface area contributed by atoms with Crippen LogP contribution >= 0.6 is 0 Å². The molecule has 1 aliphatic rings. The van der Waals surface area contributed by atoms with Gasteiger partial charge in [-0.15, -0.1) is 0 Å². The summed E-state index contributed by atoms with van der Waals surface area (Å²) < 4.78 is 53.8. The number of rotatable bonds is 4. The molecule has 9 heteroatoms.